The molecule has 1 aliphatic rings. The molecule has 5 nitrogen and oxygen atoms in total. The van der Waals surface area contributed by atoms with Gasteiger partial charge in [0.15, 0.2) is 0 Å². The molecule has 1 amide bonds. The predicted octanol–water partition coefficient (Wildman–Crippen LogP) is 2.39. The van der Waals surface area contributed by atoms with E-state index >= 15 is 0 Å². The topological polar surface area (TPSA) is 48.5 Å². The van der Waals surface area contributed by atoms with Crippen molar-refractivity contribution >= 4 is 11.6 Å². The Kier molecular flexibility index (Phi) is 5.11. The van der Waals surface area contributed by atoms with E-state index in [9.17, 15) is 4.79 Å². The molecule has 1 aromatic carbocycles. The number of aryl methyl sites for hydroxylation is 1. The smallest absolute Gasteiger partial charge is 0.272 e. The Morgan fingerprint density at radius 3 is 2.67 bits per heavy atom. The van der Waals surface area contributed by atoms with E-state index in [1.165, 1.54) is 11.1 Å². The molecule has 5 heteroatoms. The van der Waals surface area contributed by atoms with Gasteiger partial charge in [-0.25, -0.2) is 0 Å². The van der Waals surface area contributed by atoms with E-state index in [0.717, 1.165) is 38.4 Å². The van der Waals surface area contributed by atoms with Crippen LogP contribution in [0.25, 0.3) is 0 Å². The van der Waals surface area contributed by atoms with Crippen molar-refractivity contribution < 1.29 is 4.79 Å². The number of likely N-dealkylation sites (N-methyl/N-ethyl adjacent to an activating group) is 1. The van der Waals surface area contributed by atoms with Crippen molar-refractivity contribution in [3.63, 3.8) is 0 Å². The summed E-state index contributed by atoms with van der Waals surface area (Å²) >= 11 is 0. The summed E-state index contributed by atoms with van der Waals surface area (Å²) in [5.41, 5.74) is 3.94. The third-order valence-electron chi connectivity index (χ3n) is 4.51. The first kappa shape index (κ1) is 16.5. The van der Waals surface area contributed by atoms with Crippen molar-refractivity contribution in [2.24, 2.45) is 0 Å². The Balaban J connectivity index is 1.65. The van der Waals surface area contributed by atoms with Crippen LogP contribution in [0.4, 0.5) is 5.69 Å². The molecule has 0 atom stereocenters. The van der Waals surface area contributed by atoms with Crippen LogP contribution in [0.3, 0.4) is 0 Å². The van der Waals surface area contributed by atoms with Crippen LogP contribution in [-0.4, -0.2) is 53.9 Å². The lowest BCUT2D eigenvalue weighted by Crippen LogP contribution is -2.47. The van der Waals surface area contributed by atoms with E-state index in [2.05, 4.69) is 41.3 Å². The Hall–Kier alpha value is -2.40. The molecule has 24 heavy (non-hydrogen) atoms. The minimum absolute atomic E-state index is 0.0163. The highest BCUT2D eigenvalue weighted by molar-refractivity contribution is 5.93. The Bertz CT molecular complexity index is 708. The fourth-order valence-corrected chi connectivity index (χ4v) is 2.83. The molecule has 0 bridgehead atoms. The number of rotatable bonds is 4. The van der Waals surface area contributed by atoms with Gasteiger partial charge in [0.05, 0.1) is 0 Å². The summed E-state index contributed by atoms with van der Waals surface area (Å²) in [6.45, 7) is 6.19. The van der Waals surface area contributed by atoms with Crippen LogP contribution in [0, 0.1) is 6.92 Å². The molecule has 2 aromatic rings. The number of anilines is 1. The maximum atomic E-state index is 12.6. The van der Waals surface area contributed by atoms with E-state index in [-0.39, 0.29) is 5.91 Å². The summed E-state index contributed by atoms with van der Waals surface area (Å²) in [6, 6.07) is 12.0. The molecule has 1 saturated heterocycles. The van der Waals surface area contributed by atoms with Gasteiger partial charge in [-0.05, 0) is 37.2 Å². The van der Waals surface area contributed by atoms with Gasteiger partial charge in [-0.2, -0.15) is 0 Å². The molecule has 3 rings (SSSR count). The molecule has 1 aliphatic heterocycles. The fraction of sp³-hybridized carbons (Fsp3) is 0.368. The van der Waals surface area contributed by atoms with Gasteiger partial charge >= 0.3 is 0 Å². The van der Waals surface area contributed by atoms with Crippen LogP contribution in [0.5, 0.6) is 0 Å². The molecular weight excluding hydrogens is 300 g/mol. The third kappa shape index (κ3) is 3.92. The summed E-state index contributed by atoms with van der Waals surface area (Å²) in [4.78, 5) is 21.0. The summed E-state index contributed by atoms with van der Waals surface area (Å²) in [5.74, 6) is 0.0163. The van der Waals surface area contributed by atoms with E-state index in [1.54, 1.807) is 6.20 Å². The highest BCUT2D eigenvalue weighted by Crippen LogP contribution is 2.14. The van der Waals surface area contributed by atoms with Crippen molar-refractivity contribution in [2.75, 3.05) is 38.5 Å². The van der Waals surface area contributed by atoms with Crippen molar-refractivity contribution in [3.05, 3.63) is 59.4 Å². The van der Waals surface area contributed by atoms with Gasteiger partial charge in [0, 0.05) is 44.6 Å². The summed E-state index contributed by atoms with van der Waals surface area (Å²) < 4.78 is 0. The Labute approximate surface area is 143 Å². The molecule has 126 valence electrons. The number of hydrogen-bond donors (Lipinski definition) is 1. The normalized spacial score (nSPS) is 15.3. The molecular formula is C19H24N4O. The first-order valence-corrected chi connectivity index (χ1v) is 8.36. The van der Waals surface area contributed by atoms with Crippen LogP contribution in [0.2, 0.25) is 0 Å². The second kappa shape index (κ2) is 7.45. The molecule has 0 aliphatic carbocycles. The number of hydrogen-bond acceptors (Lipinski definition) is 4. The van der Waals surface area contributed by atoms with Gasteiger partial charge in [0.1, 0.15) is 5.69 Å². The molecule has 1 fully saturated rings. The van der Waals surface area contributed by atoms with Crippen molar-refractivity contribution in [3.8, 4) is 0 Å². The van der Waals surface area contributed by atoms with Crippen LogP contribution >= 0.6 is 0 Å². The van der Waals surface area contributed by atoms with Gasteiger partial charge in [0.25, 0.3) is 5.91 Å². The predicted molar refractivity (Wildman–Crippen MR) is 96.1 cm³/mol. The minimum Gasteiger partial charge on any atom is -0.381 e. The molecule has 0 radical (unpaired) electrons. The molecule has 1 N–H and O–H groups in total. The SMILES string of the molecule is Cc1ccccc1CNc1ccnc(C(=O)N2CCN(C)CC2)c1. The number of pyridine rings is 1. The number of nitrogens with one attached hydrogen (secondary N) is 1. The zero-order valence-electron chi connectivity index (χ0n) is 14.3. The zero-order chi connectivity index (χ0) is 16.9. The maximum absolute atomic E-state index is 12.6. The van der Waals surface area contributed by atoms with Crippen LogP contribution in [-0.2, 0) is 6.54 Å². The van der Waals surface area contributed by atoms with Crippen molar-refractivity contribution in [1.29, 1.82) is 0 Å². The first-order chi connectivity index (χ1) is 11.6. The van der Waals surface area contributed by atoms with E-state index in [1.807, 2.05) is 29.2 Å². The highest BCUT2D eigenvalue weighted by Gasteiger charge is 2.21. The third-order valence-corrected chi connectivity index (χ3v) is 4.51. The summed E-state index contributed by atoms with van der Waals surface area (Å²) in [6.07, 6.45) is 1.70. The second-order valence-electron chi connectivity index (χ2n) is 6.31. The lowest BCUT2D eigenvalue weighted by Gasteiger charge is -2.32. The number of carbonyl (C=O) groups excluding carboxylic acids is 1. The van der Waals surface area contributed by atoms with E-state index in [0.29, 0.717) is 5.69 Å². The van der Waals surface area contributed by atoms with Crippen LogP contribution in [0.1, 0.15) is 21.6 Å². The molecule has 0 saturated carbocycles. The number of nitrogens with zero attached hydrogens (tertiary/aromatic N) is 3. The largest absolute Gasteiger partial charge is 0.381 e. The number of benzene rings is 1. The van der Waals surface area contributed by atoms with Gasteiger partial charge in [-0.3, -0.25) is 9.78 Å². The second-order valence-corrected chi connectivity index (χ2v) is 6.31. The average molecular weight is 324 g/mol. The maximum Gasteiger partial charge on any atom is 0.272 e. The molecule has 1 aromatic heterocycles. The monoisotopic (exact) mass is 324 g/mol. The number of amides is 1. The van der Waals surface area contributed by atoms with Gasteiger partial charge < -0.3 is 15.1 Å². The Morgan fingerprint density at radius 2 is 1.92 bits per heavy atom. The molecule has 0 spiro atoms. The molecule has 2 heterocycles. The van der Waals surface area contributed by atoms with Crippen molar-refractivity contribution in [1.82, 2.24) is 14.8 Å². The number of aromatic nitrogens is 1. The fourth-order valence-electron chi connectivity index (χ4n) is 2.83. The van der Waals surface area contributed by atoms with Crippen LogP contribution in [0.15, 0.2) is 42.6 Å². The van der Waals surface area contributed by atoms with Crippen LogP contribution < -0.4 is 5.32 Å². The lowest BCUT2D eigenvalue weighted by atomic mass is 10.1. The van der Waals surface area contributed by atoms with E-state index < -0.39 is 0 Å². The lowest BCUT2D eigenvalue weighted by molar-refractivity contribution is 0.0658. The average Bonchev–Trinajstić information content (AvgIpc) is 2.61. The number of piperazine rings is 1. The van der Waals surface area contributed by atoms with Gasteiger partial charge in [-0.1, -0.05) is 24.3 Å². The first-order valence-electron chi connectivity index (χ1n) is 8.36. The van der Waals surface area contributed by atoms with Gasteiger partial charge in [-0.15, -0.1) is 0 Å². The van der Waals surface area contributed by atoms with Gasteiger partial charge in [0.2, 0.25) is 0 Å². The minimum atomic E-state index is 0.0163. The number of carbonyl (C=O) groups is 1. The zero-order valence-corrected chi connectivity index (χ0v) is 14.3. The highest BCUT2D eigenvalue weighted by atomic mass is 16.2. The molecule has 0 unspecified atom stereocenters. The quantitative estimate of drug-likeness (QED) is 0.938. The van der Waals surface area contributed by atoms with Crippen molar-refractivity contribution in [2.45, 2.75) is 13.5 Å². The standard InChI is InChI=1S/C19H24N4O/c1-15-5-3-4-6-16(15)14-21-17-7-8-20-18(13-17)19(24)23-11-9-22(2)10-12-23/h3-8,13H,9-12,14H2,1-2H3,(H,20,21). The summed E-state index contributed by atoms with van der Waals surface area (Å²) in [5, 5.41) is 3.39. The summed E-state index contributed by atoms with van der Waals surface area (Å²) in [7, 11) is 2.08. The Morgan fingerprint density at radius 1 is 1.17 bits per heavy atom. The van der Waals surface area contributed by atoms with E-state index in [4.69, 9.17) is 0 Å².